The zero-order valence-corrected chi connectivity index (χ0v) is 13.9. The van der Waals surface area contributed by atoms with Gasteiger partial charge >= 0.3 is 0 Å². The van der Waals surface area contributed by atoms with Crippen LogP contribution in [-0.4, -0.2) is 32.6 Å². The molecule has 2 N–H and O–H groups in total. The molecule has 7 heteroatoms. The Morgan fingerprint density at radius 3 is 2.31 bits per heavy atom. The Balaban J connectivity index is 1.48. The molecule has 1 aliphatic rings. The van der Waals surface area contributed by atoms with Gasteiger partial charge in [-0.25, -0.2) is 4.98 Å². The van der Waals surface area contributed by atoms with Crippen molar-refractivity contribution in [2.75, 3.05) is 0 Å². The van der Waals surface area contributed by atoms with Crippen LogP contribution in [0.5, 0.6) is 0 Å². The minimum absolute atomic E-state index is 0.234. The summed E-state index contributed by atoms with van der Waals surface area (Å²) in [6.45, 7) is 0.247. The first-order valence-corrected chi connectivity index (χ1v) is 8.29. The summed E-state index contributed by atoms with van der Waals surface area (Å²) in [4.78, 5) is 28.6. The van der Waals surface area contributed by atoms with Crippen LogP contribution < -0.4 is 10.6 Å². The van der Waals surface area contributed by atoms with Crippen molar-refractivity contribution in [1.29, 1.82) is 0 Å². The first-order chi connectivity index (χ1) is 12.7. The largest absolute Gasteiger partial charge is 0.341 e. The lowest BCUT2D eigenvalue weighted by atomic mass is 9.98. The number of hydrogen-bond acceptors (Lipinski definition) is 4. The van der Waals surface area contributed by atoms with Gasteiger partial charge in [-0.15, -0.1) is 0 Å². The highest BCUT2D eigenvalue weighted by Crippen LogP contribution is 2.23. The standard InChI is InChI=1S/C19H17N5O2/c25-18-16(10-24-12-20-11-21-24)22-19(26)17(23-18)15-8-6-14(7-9-15)13-4-2-1-3-5-13/h1-9,11-12,16-17H,10H2,(H,22,26)(H,23,25). The maximum Gasteiger partial charge on any atom is 0.247 e. The summed E-state index contributed by atoms with van der Waals surface area (Å²) in [5.41, 5.74) is 2.90. The van der Waals surface area contributed by atoms with Crippen molar-refractivity contribution >= 4 is 11.8 Å². The van der Waals surface area contributed by atoms with E-state index in [1.807, 2.05) is 54.6 Å². The average molecular weight is 347 g/mol. The van der Waals surface area contributed by atoms with Gasteiger partial charge in [0.1, 0.15) is 24.7 Å². The highest BCUT2D eigenvalue weighted by atomic mass is 16.2. The number of nitrogens with one attached hydrogen (secondary N) is 2. The monoisotopic (exact) mass is 347 g/mol. The molecule has 130 valence electrons. The molecule has 1 fully saturated rings. The highest BCUT2D eigenvalue weighted by Gasteiger charge is 2.34. The smallest absolute Gasteiger partial charge is 0.247 e. The van der Waals surface area contributed by atoms with Crippen molar-refractivity contribution in [3.8, 4) is 11.1 Å². The Labute approximate surface area is 150 Å². The minimum Gasteiger partial charge on any atom is -0.341 e. The molecule has 1 aliphatic heterocycles. The number of carbonyl (C=O) groups excluding carboxylic acids is 2. The molecule has 3 aromatic rings. The molecule has 7 nitrogen and oxygen atoms in total. The van der Waals surface area contributed by atoms with Crippen LogP contribution in [0.4, 0.5) is 0 Å². The van der Waals surface area contributed by atoms with Crippen molar-refractivity contribution in [2.24, 2.45) is 0 Å². The van der Waals surface area contributed by atoms with Gasteiger partial charge in [-0.05, 0) is 16.7 Å². The molecule has 0 bridgehead atoms. The highest BCUT2D eigenvalue weighted by molar-refractivity contribution is 5.97. The van der Waals surface area contributed by atoms with Crippen LogP contribution in [0, 0.1) is 0 Å². The number of rotatable bonds is 4. The fourth-order valence-electron chi connectivity index (χ4n) is 3.00. The van der Waals surface area contributed by atoms with Crippen molar-refractivity contribution in [1.82, 2.24) is 25.4 Å². The number of amides is 2. The molecule has 26 heavy (non-hydrogen) atoms. The van der Waals surface area contributed by atoms with Crippen molar-refractivity contribution < 1.29 is 9.59 Å². The second-order valence-corrected chi connectivity index (χ2v) is 6.11. The minimum atomic E-state index is -0.695. The fraction of sp³-hybridized carbons (Fsp3) is 0.158. The Kier molecular flexibility index (Phi) is 4.18. The second-order valence-electron chi connectivity index (χ2n) is 6.11. The number of benzene rings is 2. The van der Waals surface area contributed by atoms with Gasteiger partial charge in [-0.2, -0.15) is 5.10 Å². The molecule has 2 heterocycles. The first-order valence-electron chi connectivity index (χ1n) is 8.29. The zero-order chi connectivity index (χ0) is 17.9. The molecule has 0 aliphatic carbocycles. The summed E-state index contributed by atoms with van der Waals surface area (Å²) < 4.78 is 1.51. The van der Waals surface area contributed by atoms with E-state index in [2.05, 4.69) is 20.7 Å². The number of piperazine rings is 1. The molecule has 2 atom stereocenters. The lowest BCUT2D eigenvalue weighted by Gasteiger charge is -2.29. The van der Waals surface area contributed by atoms with Crippen LogP contribution >= 0.6 is 0 Å². The zero-order valence-electron chi connectivity index (χ0n) is 13.9. The molecule has 0 saturated carbocycles. The van der Waals surface area contributed by atoms with E-state index < -0.39 is 12.1 Å². The van der Waals surface area contributed by atoms with Crippen molar-refractivity contribution in [3.63, 3.8) is 0 Å². The molecular formula is C19H17N5O2. The number of hydrogen-bond donors (Lipinski definition) is 2. The molecule has 0 spiro atoms. The van der Waals surface area contributed by atoms with Gasteiger partial charge in [0.15, 0.2) is 0 Å². The predicted molar refractivity (Wildman–Crippen MR) is 94.7 cm³/mol. The van der Waals surface area contributed by atoms with Crippen LogP contribution in [0.3, 0.4) is 0 Å². The van der Waals surface area contributed by atoms with Crippen molar-refractivity contribution in [2.45, 2.75) is 18.6 Å². The quantitative estimate of drug-likeness (QED) is 0.744. The predicted octanol–water partition coefficient (Wildman–Crippen LogP) is 1.30. The Morgan fingerprint density at radius 2 is 1.62 bits per heavy atom. The number of aromatic nitrogens is 3. The second kappa shape index (κ2) is 6.79. The Hall–Kier alpha value is -3.48. The first kappa shape index (κ1) is 16.0. The van der Waals surface area contributed by atoms with Crippen LogP contribution in [-0.2, 0) is 16.1 Å². The van der Waals surface area contributed by atoms with E-state index >= 15 is 0 Å². The SMILES string of the molecule is O=C1NC(c2ccc(-c3ccccc3)cc2)C(=O)NC1Cn1cncn1. The van der Waals surface area contributed by atoms with Gasteiger partial charge in [-0.1, -0.05) is 54.6 Å². The maximum absolute atomic E-state index is 12.5. The lowest BCUT2D eigenvalue weighted by molar-refractivity contribution is -0.137. The third kappa shape index (κ3) is 3.19. The van der Waals surface area contributed by atoms with E-state index in [1.54, 1.807) is 0 Å². The van der Waals surface area contributed by atoms with Gasteiger partial charge in [0.05, 0.1) is 6.54 Å². The Bertz CT molecular complexity index is 907. The normalized spacial score (nSPS) is 19.7. The van der Waals surface area contributed by atoms with Gasteiger partial charge < -0.3 is 10.6 Å². The number of carbonyl (C=O) groups is 2. The summed E-state index contributed by atoms with van der Waals surface area (Å²) in [5, 5.41) is 9.51. The van der Waals surface area contributed by atoms with Crippen LogP contribution in [0.2, 0.25) is 0 Å². The number of nitrogens with zero attached hydrogens (tertiary/aromatic N) is 3. The summed E-state index contributed by atoms with van der Waals surface area (Å²) >= 11 is 0. The summed E-state index contributed by atoms with van der Waals surface area (Å²) in [6, 6.07) is 16.3. The summed E-state index contributed by atoms with van der Waals surface area (Å²) in [7, 11) is 0. The van der Waals surface area contributed by atoms with Crippen LogP contribution in [0.1, 0.15) is 11.6 Å². The van der Waals surface area contributed by atoms with E-state index in [0.717, 1.165) is 16.7 Å². The van der Waals surface area contributed by atoms with Crippen molar-refractivity contribution in [3.05, 3.63) is 72.8 Å². The van der Waals surface area contributed by atoms with Gasteiger partial charge in [0.2, 0.25) is 11.8 Å². The molecule has 4 rings (SSSR count). The summed E-state index contributed by atoms with van der Waals surface area (Å²) in [5.74, 6) is -0.473. The summed E-state index contributed by atoms with van der Waals surface area (Å²) in [6.07, 6.45) is 2.90. The molecule has 2 aromatic carbocycles. The third-order valence-electron chi connectivity index (χ3n) is 4.37. The molecule has 1 saturated heterocycles. The fourth-order valence-corrected chi connectivity index (χ4v) is 3.00. The van der Waals surface area contributed by atoms with E-state index in [-0.39, 0.29) is 18.4 Å². The molecular weight excluding hydrogens is 330 g/mol. The van der Waals surface area contributed by atoms with Crippen LogP contribution in [0.15, 0.2) is 67.3 Å². The van der Waals surface area contributed by atoms with E-state index in [0.29, 0.717) is 0 Å². The maximum atomic E-state index is 12.5. The molecule has 0 radical (unpaired) electrons. The Morgan fingerprint density at radius 1 is 0.885 bits per heavy atom. The molecule has 2 amide bonds. The molecule has 1 aromatic heterocycles. The van der Waals surface area contributed by atoms with Gasteiger partial charge in [0, 0.05) is 0 Å². The van der Waals surface area contributed by atoms with Gasteiger partial charge in [-0.3, -0.25) is 14.3 Å². The lowest BCUT2D eigenvalue weighted by Crippen LogP contribution is -2.59. The van der Waals surface area contributed by atoms with Gasteiger partial charge in [0.25, 0.3) is 0 Å². The van der Waals surface area contributed by atoms with E-state index in [9.17, 15) is 9.59 Å². The molecule has 2 unspecified atom stereocenters. The van der Waals surface area contributed by atoms with E-state index in [1.165, 1.54) is 17.3 Å². The third-order valence-corrected chi connectivity index (χ3v) is 4.37. The topological polar surface area (TPSA) is 88.9 Å². The average Bonchev–Trinajstić information content (AvgIpc) is 3.18. The van der Waals surface area contributed by atoms with E-state index in [4.69, 9.17) is 0 Å². The van der Waals surface area contributed by atoms with Crippen LogP contribution in [0.25, 0.3) is 11.1 Å².